The van der Waals surface area contributed by atoms with E-state index in [4.69, 9.17) is 0 Å². The molecule has 26 heavy (non-hydrogen) atoms. The third kappa shape index (κ3) is 5.20. The van der Waals surface area contributed by atoms with Crippen LogP contribution in [0.4, 0.5) is 0 Å². The van der Waals surface area contributed by atoms with E-state index in [1.165, 1.54) is 18.7 Å². The van der Waals surface area contributed by atoms with Gasteiger partial charge in [-0.05, 0) is 26.0 Å². The SMILES string of the molecule is C=CCSc1c(C#C[Si](C)(C)C(C)(C)C)sc([Si](C)(C)C(C)(C)C)c1Br. The number of hydrogen-bond acceptors (Lipinski definition) is 2. The van der Waals surface area contributed by atoms with Crippen LogP contribution in [0.3, 0.4) is 0 Å². The van der Waals surface area contributed by atoms with Crippen LogP contribution in [-0.4, -0.2) is 21.9 Å². The maximum absolute atomic E-state index is 3.95. The molecule has 0 nitrogen and oxygen atoms in total. The van der Waals surface area contributed by atoms with E-state index in [0.717, 1.165) is 5.75 Å². The highest BCUT2D eigenvalue weighted by molar-refractivity contribution is 9.10. The third-order valence-electron chi connectivity index (χ3n) is 5.96. The molecule has 0 fully saturated rings. The number of halogens is 1. The Morgan fingerprint density at radius 2 is 1.62 bits per heavy atom. The monoisotopic (exact) mass is 486 g/mol. The predicted molar refractivity (Wildman–Crippen MR) is 134 cm³/mol. The second kappa shape index (κ2) is 8.33. The Balaban J connectivity index is 3.55. The lowest BCUT2D eigenvalue weighted by Gasteiger charge is -2.36. The average molecular weight is 488 g/mol. The fourth-order valence-electron chi connectivity index (χ4n) is 1.89. The zero-order valence-corrected chi connectivity index (χ0v) is 23.4. The molecule has 0 aliphatic rings. The van der Waals surface area contributed by atoms with Crippen LogP contribution in [0.1, 0.15) is 46.4 Å². The van der Waals surface area contributed by atoms with Gasteiger partial charge in [0.15, 0.2) is 0 Å². The molecule has 0 aromatic carbocycles. The maximum Gasteiger partial charge on any atom is 0.138 e. The minimum Gasteiger partial charge on any atom is -0.134 e. The summed E-state index contributed by atoms with van der Waals surface area (Å²) >= 11 is 7.74. The zero-order valence-electron chi connectivity index (χ0n) is 18.2. The highest BCUT2D eigenvalue weighted by atomic mass is 79.9. The van der Waals surface area contributed by atoms with Gasteiger partial charge in [0.05, 0.1) is 4.88 Å². The number of thioether (sulfide) groups is 1. The summed E-state index contributed by atoms with van der Waals surface area (Å²) in [5, 5.41) is 0.593. The van der Waals surface area contributed by atoms with Crippen molar-refractivity contribution < 1.29 is 0 Å². The summed E-state index contributed by atoms with van der Waals surface area (Å²) in [6.07, 6.45) is 1.98. The van der Waals surface area contributed by atoms with E-state index < -0.39 is 16.1 Å². The van der Waals surface area contributed by atoms with Crippen LogP contribution in [0, 0.1) is 11.5 Å². The largest absolute Gasteiger partial charge is 0.138 e. The molecule has 0 saturated carbocycles. The van der Waals surface area contributed by atoms with Gasteiger partial charge >= 0.3 is 0 Å². The van der Waals surface area contributed by atoms with Crippen molar-refractivity contribution in [1.29, 1.82) is 0 Å². The molecule has 1 rings (SSSR count). The van der Waals surface area contributed by atoms with Crippen molar-refractivity contribution in [3.8, 4) is 11.5 Å². The van der Waals surface area contributed by atoms with Gasteiger partial charge in [0.2, 0.25) is 0 Å². The molecule has 0 aliphatic heterocycles. The van der Waals surface area contributed by atoms with Crippen LogP contribution < -0.4 is 4.50 Å². The summed E-state index contributed by atoms with van der Waals surface area (Å²) in [6.45, 7) is 27.7. The number of hydrogen-bond donors (Lipinski definition) is 0. The van der Waals surface area contributed by atoms with Crippen LogP contribution in [0.25, 0.3) is 0 Å². The summed E-state index contributed by atoms with van der Waals surface area (Å²) in [5.74, 6) is 4.54. The molecule has 146 valence electrons. The summed E-state index contributed by atoms with van der Waals surface area (Å²) in [7, 11) is -3.23. The molecule has 0 amide bonds. The van der Waals surface area contributed by atoms with Gasteiger partial charge in [-0.15, -0.1) is 35.2 Å². The molecule has 0 N–H and O–H groups in total. The zero-order chi connectivity index (χ0) is 20.6. The van der Waals surface area contributed by atoms with Crippen LogP contribution in [0.2, 0.25) is 36.3 Å². The fourth-order valence-corrected chi connectivity index (χ4v) is 10.6. The molecule has 0 saturated heterocycles. The lowest BCUT2D eigenvalue weighted by Crippen LogP contribution is -2.48. The Hall–Kier alpha value is 0.264. The molecule has 0 spiro atoms. The van der Waals surface area contributed by atoms with E-state index in [9.17, 15) is 0 Å². The first-order valence-corrected chi connectivity index (χ1v) is 17.8. The van der Waals surface area contributed by atoms with E-state index >= 15 is 0 Å². The Bertz CT molecular complexity index is 720. The molecule has 0 bridgehead atoms. The highest BCUT2D eigenvalue weighted by Gasteiger charge is 2.41. The lowest BCUT2D eigenvalue weighted by atomic mass is 10.2. The van der Waals surface area contributed by atoms with E-state index in [1.807, 2.05) is 29.2 Å². The Kier molecular flexibility index (Phi) is 7.78. The van der Waals surface area contributed by atoms with Crippen molar-refractivity contribution in [1.82, 2.24) is 0 Å². The average Bonchev–Trinajstić information content (AvgIpc) is 2.77. The minimum absolute atomic E-state index is 0.283. The van der Waals surface area contributed by atoms with Gasteiger partial charge in [-0.1, -0.05) is 79.7 Å². The van der Waals surface area contributed by atoms with E-state index in [1.54, 1.807) is 0 Å². The van der Waals surface area contributed by atoms with Crippen LogP contribution in [-0.2, 0) is 0 Å². The molecule has 5 heteroatoms. The van der Waals surface area contributed by atoms with Crippen LogP contribution >= 0.6 is 39.0 Å². The molecular weight excluding hydrogens is 452 g/mol. The normalized spacial score (nSPS) is 13.3. The summed E-state index contributed by atoms with van der Waals surface area (Å²) in [6, 6.07) is 0. The van der Waals surface area contributed by atoms with Crippen molar-refractivity contribution >= 4 is 59.7 Å². The molecule has 0 aliphatic carbocycles. The molecular formula is C21H35BrS2Si2. The summed E-state index contributed by atoms with van der Waals surface area (Å²) in [4.78, 5) is 2.56. The molecule has 1 heterocycles. The second-order valence-electron chi connectivity index (χ2n) is 10.0. The molecule has 1 aromatic heterocycles. The van der Waals surface area contributed by atoms with Gasteiger partial charge in [-0.3, -0.25) is 0 Å². The minimum atomic E-state index is -1.62. The smallest absolute Gasteiger partial charge is 0.134 e. The van der Waals surface area contributed by atoms with Crippen molar-refractivity contribution in [2.24, 2.45) is 0 Å². The second-order valence-corrected chi connectivity index (χ2v) is 23.5. The standard InChI is InChI=1S/C21H35BrS2Si2/c1-12-14-23-18-16(13-15-25(8,9)20(2,3)4)24-19(17(18)22)26(10,11)21(5,6)7/h12H,1,14H2,2-11H3. The van der Waals surface area contributed by atoms with Gasteiger partial charge < -0.3 is 0 Å². The molecule has 0 radical (unpaired) electrons. The molecule has 0 unspecified atom stereocenters. The van der Waals surface area contributed by atoms with Crippen LogP contribution in [0.15, 0.2) is 22.0 Å². The first-order chi connectivity index (χ1) is 11.6. The van der Waals surface area contributed by atoms with Crippen LogP contribution in [0.5, 0.6) is 0 Å². The van der Waals surface area contributed by atoms with Gasteiger partial charge in [0, 0.05) is 19.6 Å². The first kappa shape index (κ1) is 24.3. The van der Waals surface area contributed by atoms with Gasteiger partial charge in [-0.2, -0.15) is 0 Å². The first-order valence-electron chi connectivity index (χ1n) is 9.16. The predicted octanol–water partition coefficient (Wildman–Crippen LogP) is 7.90. The fraction of sp³-hybridized carbons (Fsp3) is 0.619. The molecule has 0 atom stereocenters. The quantitative estimate of drug-likeness (QED) is 0.180. The highest BCUT2D eigenvalue weighted by Crippen LogP contribution is 2.43. The van der Waals surface area contributed by atoms with Crippen molar-refractivity contribution in [3.05, 3.63) is 22.0 Å². The Morgan fingerprint density at radius 3 is 2.04 bits per heavy atom. The Morgan fingerprint density at radius 1 is 1.08 bits per heavy atom. The maximum atomic E-state index is 3.95. The van der Waals surface area contributed by atoms with E-state index in [0.29, 0.717) is 5.04 Å². The topological polar surface area (TPSA) is 0 Å². The van der Waals surface area contributed by atoms with E-state index in [-0.39, 0.29) is 5.04 Å². The number of rotatable bonds is 4. The lowest BCUT2D eigenvalue weighted by molar-refractivity contribution is 0.730. The van der Waals surface area contributed by atoms with Gasteiger partial charge in [0.1, 0.15) is 16.1 Å². The Labute approximate surface area is 180 Å². The van der Waals surface area contributed by atoms with E-state index in [2.05, 4.69) is 102 Å². The van der Waals surface area contributed by atoms with Crippen molar-refractivity contribution in [3.63, 3.8) is 0 Å². The van der Waals surface area contributed by atoms with Crippen molar-refractivity contribution in [2.75, 3.05) is 5.75 Å². The molecule has 1 aromatic rings. The summed E-state index contributed by atoms with van der Waals surface area (Å²) in [5.41, 5.74) is 3.72. The van der Waals surface area contributed by atoms with Gasteiger partial charge in [-0.25, -0.2) is 0 Å². The summed E-state index contributed by atoms with van der Waals surface area (Å²) < 4.78 is 2.83. The van der Waals surface area contributed by atoms with Gasteiger partial charge in [0.25, 0.3) is 0 Å². The number of thiophene rings is 1. The van der Waals surface area contributed by atoms with Crippen molar-refractivity contribution in [2.45, 2.75) is 82.7 Å². The third-order valence-corrected chi connectivity index (χ3v) is 21.3.